The molecule has 0 atom stereocenters. The SMILES string of the molecule is COc1ncnc2c1c(/C=C/C(=O)N1CCc3sc(Br)cc3C1)c(-c1ccccc1)n2C. The van der Waals surface area contributed by atoms with E-state index in [0.717, 1.165) is 44.6 Å². The number of rotatable bonds is 4. The van der Waals surface area contributed by atoms with E-state index in [1.165, 1.54) is 16.8 Å². The van der Waals surface area contributed by atoms with Crippen LogP contribution in [0, 0.1) is 0 Å². The zero-order valence-electron chi connectivity index (χ0n) is 17.7. The minimum atomic E-state index is -0.00944. The van der Waals surface area contributed by atoms with Gasteiger partial charge >= 0.3 is 0 Å². The molecule has 0 saturated heterocycles. The molecule has 3 aromatic heterocycles. The van der Waals surface area contributed by atoms with Crippen LogP contribution < -0.4 is 4.74 Å². The van der Waals surface area contributed by atoms with Gasteiger partial charge in [0.05, 0.1) is 22.0 Å². The van der Waals surface area contributed by atoms with Crippen LogP contribution in [-0.4, -0.2) is 39.0 Å². The molecular formula is C24H21BrN4O2S. The first kappa shape index (κ1) is 20.9. The quantitative estimate of drug-likeness (QED) is 0.361. The van der Waals surface area contributed by atoms with Gasteiger partial charge in [-0.1, -0.05) is 30.3 Å². The largest absolute Gasteiger partial charge is 0.480 e. The molecule has 0 spiro atoms. The molecule has 0 fully saturated rings. The summed E-state index contributed by atoms with van der Waals surface area (Å²) < 4.78 is 8.68. The number of methoxy groups -OCH3 is 1. The second-order valence-corrected chi connectivity index (χ2v) is 10.1. The predicted molar refractivity (Wildman–Crippen MR) is 131 cm³/mol. The molecule has 0 bridgehead atoms. The van der Waals surface area contributed by atoms with Gasteiger partial charge in [-0.3, -0.25) is 4.79 Å². The van der Waals surface area contributed by atoms with E-state index in [1.54, 1.807) is 24.5 Å². The Hall–Kier alpha value is -2.97. The number of aromatic nitrogens is 3. The van der Waals surface area contributed by atoms with Crippen molar-refractivity contribution >= 4 is 50.3 Å². The predicted octanol–water partition coefficient (Wildman–Crippen LogP) is 5.07. The van der Waals surface area contributed by atoms with Crippen molar-refractivity contribution in [1.29, 1.82) is 0 Å². The van der Waals surface area contributed by atoms with Crippen molar-refractivity contribution in [2.75, 3.05) is 13.7 Å². The average molecular weight is 509 g/mol. The third-order valence-electron chi connectivity index (χ3n) is 5.75. The number of hydrogen-bond acceptors (Lipinski definition) is 5. The molecule has 0 aliphatic carbocycles. The normalized spacial score (nSPS) is 13.7. The fourth-order valence-corrected chi connectivity index (χ4v) is 6.01. The first-order chi connectivity index (χ1) is 15.6. The molecule has 0 unspecified atom stereocenters. The van der Waals surface area contributed by atoms with Crippen LogP contribution >= 0.6 is 27.3 Å². The molecular weight excluding hydrogens is 488 g/mol. The number of thiophene rings is 1. The van der Waals surface area contributed by atoms with Gasteiger partial charge in [0.15, 0.2) is 0 Å². The number of carbonyl (C=O) groups excluding carboxylic acids is 1. The number of aryl methyl sites for hydroxylation is 1. The molecule has 1 amide bonds. The molecule has 1 aliphatic rings. The molecule has 8 heteroatoms. The van der Waals surface area contributed by atoms with Gasteiger partial charge in [0.2, 0.25) is 11.8 Å². The van der Waals surface area contributed by atoms with E-state index in [4.69, 9.17) is 4.74 Å². The van der Waals surface area contributed by atoms with Crippen molar-refractivity contribution in [3.63, 3.8) is 0 Å². The number of nitrogens with zero attached hydrogens (tertiary/aromatic N) is 4. The average Bonchev–Trinajstić information content (AvgIpc) is 3.33. The van der Waals surface area contributed by atoms with Gasteiger partial charge in [-0.05, 0) is 45.6 Å². The highest BCUT2D eigenvalue weighted by Crippen LogP contribution is 2.37. The summed E-state index contributed by atoms with van der Waals surface area (Å²) in [5, 5.41) is 0.795. The highest BCUT2D eigenvalue weighted by atomic mass is 79.9. The van der Waals surface area contributed by atoms with Crippen LogP contribution in [0.1, 0.15) is 16.0 Å². The van der Waals surface area contributed by atoms with Gasteiger partial charge in [0.25, 0.3) is 0 Å². The summed E-state index contributed by atoms with van der Waals surface area (Å²) >= 11 is 5.31. The van der Waals surface area contributed by atoms with E-state index >= 15 is 0 Å². The molecule has 32 heavy (non-hydrogen) atoms. The summed E-state index contributed by atoms with van der Waals surface area (Å²) in [4.78, 5) is 25.1. The lowest BCUT2D eigenvalue weighted by Gasteiger charge is -2.25. The Labute approximate surface area is 198 Å². The molecule has 0 saturated carbocycles. The van der Waals surface area contributed by atoms with Crippen LogP contribution in [0.4, 0.5) is 0 Å². The second-order valence-electron chi connectivity index (χ2n) is 7.61. The molecule has 5 rings (SSSR count). The molecule has 1 aromatic carbocycles. The van der Waals surface area contributed by atoms with Crippen molar-refractivity contribution in [1.82, 2.24) is 19.4 Å². The summed E-state index contributed by atoms with van der Waals surface area (Å²) in [5.74, 6) is 0.482. The summed E-state index contributed by atoms with van der Waals surface area (Å²) in [6.07, 6.45) is 5.91. The standard InChI is InChI=1S/C24H21BrN4O2S/c1-28-22(15-6-4-3-5-7-15)17(21-23(28)26-14-27-24(21)31-2)8-9-20(30)29-11-10-18-16(13-29)12-19(25)32-18/h3-9,12,14H,10-11,13H2,1-2H3/b9-8+. The lowest BCUT2D eigenvalue weighted by atomic mass is 10.0. The van der Waals surface area contributed by atoms with Crippen LogP contribution in [0.25, 0.3) is 28.4 Å². The third-order valence-corrected chi connectivity index (χ3v) is 7.49. The van der Waals surface area contributed by atoms with Crippen LogP contribution in [0.3, 0.4) is 0 Å². The lowest BCUT2D eigenvalue weighted by Crippen LogP contribution is -2.34. The van der Waals surface area contributed by atoms with Gasteiger partial charge in [-0.2, -0.15) is 0 Å². The lowest BCUT2D eigenvalue weighted by molar-refractivity contribution is -0.126. The number of fused-ring (bicyclic) bond motifs is 2. The minimum Gasteiger partial charge on any atom is -0.480 e. The fraction of sp³-hybridized carbons (Fsp3) is 0.208. The maximum Gasteiger partial charge on any atom is 0.246 e. The van der Waals surface area contributed by atoms with Crippen molar-refractivity contribution in [3.05, 3.63) is 68.6 Å². The molecule has 6 nitrogen and oxygen atoms in total. The zero-order chi connectivity index (χ0) is 22.2. The van der Waals surface area contributed by atoms with Gasteiger partial charge < -0.3 is 14.2 Å². The second kappa shape index (κ2) is 8.52. The van der Waals surface area contributed by atoms with Gasteiger partial charge in [0.1, 0.15) is 12.0 Å². The van der Waals surface area contributed by atoms with E-state index in [9.17, 15) is 4.79 Å². The highest BCUT2D eigenvalue weighted by Gasteiger charge is 2.23. The Morgan fingerprint density at radius 2 is 2.06 bits per heavy atom. The Kier molecular flexibility index (Phi) is 5.57. The maximum atomic E-state index is 13.1. The van der Waals surface area contributed by atoms with E-state index in [1.807, 2.05) is 52.9 Å². The minimum absolute atomic E-state index is 0.00944. The fourth-order valence-electron chi connectivity index (χ4n) is 4.26. The van der Waals surface area contributed by atoms with Crippen LogP contribution in [0.2, 0.25) is 0 Å². The molecule has 1 aliphatic heterocycles. The van der Waals surface area contributed by atoms with Crippen molar-refractivity contribution in [2.45, 2.75) is 13.0 Å². The summed E-state index contributed by atoms with van der Waals surface area (Å²) in [7, 11) is 3.57. The molecule has 0 radical (unpaired) electrons. The zero-order valence-corrected chi connectivity index (χ0v) is 20.1. The summed E-state index contributed by atoms with van der Waals surface area (Å²) in [5.41, 5.74) is 4.85. The van der Waals surface area contributed by atoms with E-state index in [-0.39, 0.29) is 5.91 Å². The van der Waals surface area contributed by atoms with Gasteiger partial charge in [0, 0.05) is 36.7 Å². The van der Waals surface area contributed by atoms with Crippen LogP contribution in [0.5, 0.6) is 5.88 Å². The number of carbonyl (C=O) groups is 1. The van der Waals surface area contributed by atoms with E-state index in [0.29, 0.717) is 12.4 Å². The molecule has 162 valence electrons. The molecule has 4 heterocycles. The number of hydrogen-bond donors (Lipinski definition) is 0. The number of halogens is 1. The van der Waals surface area contributed by atoms with Crippen LogP contribution in [-0.2, 0) is 24.8 Å². The Morgan fingerprint density at radius 3 is 2.84 bits per heavy atom. The number of benzene rings is 1. The Balaban J connectivity index is 1.56. The van der Waals surface area contributed by atoms with Crippen molar-refractivity contribution in [3.8, 4) is 17.1 Å². The molecule has 0 N–H and O–H groups in total. The van der Waals surface area contributed by atoms with E-state index in [2.05, 4.69) is 32.0 Å². The number of amides is 1. The third kappa shape index (κ3) is 3.63. The van der Waals surface area contributed by atoms with Crippen molar-refractivity contribution in [2.24, 2.45) is 7.05 Å². The summed E-state index contributed by atoms with van der Waals surface area (Å²) in [6, 6.07) is 12.2. The monoisotopic (exact) mass is 508 g/mol. The number of ether oxygens (including phenoxy) is 1. The summed E-state index contributed by atoms with van der Waals surface area (Å²) in [6.45, 7) is 1.35. The first-order valence-corrected chi connectivity index (χ1v) is 11.8. The first-order valence-electron chi connectivity index (χ1n) is 10.2. The van der Waals surface area contributed by atoms with Gasteiger partial charge in [-0.25, -0.2) is 9.97 Å². The van der Waals surface area contributed by atoms with Crippen LogP contribution in [0.15, 0.2) is 52.6 Å². The smallest absolute Gasteiger partial charge is 0.246 e. The van der Waals surface area contributed by atoms with Gasteiger partial charge in [-0.15, -0.1) is 11.3 Å². The topological polar surface area (TPSA) is 60.3 Å². The Bertz CT molecular complexity index is 1340. The van der Waals surface area contributed by atoms with Crippen molar-refractivity contribution < 1.29 is 9.53 Å². The maximum absolute atomic E-state index is 13.1. The highest BCUT2D eigenvalue weighted by molar-refractivity contribution is 9.11. The molecule has 4 aromatic rings. The Morgan fingerprint density at radius 1 is 1.25 bits per heavy atom. The van der Waals surface area contributed by atoms with E-state index < -0.39 is 0 Å².